The molecule has 0 fully saturated rings. The molecule has 3 aromatic rings. The summed E-state index contributed by atoms with van der Waals surface area (Å²) < 4.78 is 13.5. The first kappa shape index (κ1) is 17.8. The Kier molecular flexibility index (Phi) is 4.80. The van der Waals surface area contributed by atoms with Gasteiger partial charge in [0.1, 0.15) is 11.6 Å². The third-order valence-electron chi connectivity index (χ3n) is 4.52. The number of hydrogen-bond donors (Lipinski definition) is 2. The van der Waals surface area contributed by atoms with Crippen molar-refractivity contribution < 1.29 is 9.18 Å². The lowest BCUT2D eigenvalue weighted by atomic mass is 10.2. The van der Waals surface area contributed by atoms with E-state index in [0.717, 1.165) is 35.2 Å². The summed E-state index contributed by atoms with van der Waals surface area (Å²) in [5.41, 5.74) is 2.15. The van der Waals surface area contributed by atoms with Gasteiger partial charge in [-0.25, -0.2) is 9.37 Å². The molecule has 7 heteroatoms. The summed E-state index contributed by atoms with van der Waals surface area (Å²) in [4.78, 5) is 23.3. The molecule has 6 nitrogen and oxygen atoms in total. The highest BCUT2D eigenvalue weighted by Crippen LogP contribution is 2.29. The first-order valence-corrected chi connectivity index (χ1v) is 9.06. The van der Waals surface area contributed by atoms with Crippen molar-refractivity contribution in [3.05, 3.63) is 72.6 Å². The maximum Gasteiger partial charge on any atom is 0.168 e. The molecule has 0 radical (unpaired) electrons. The van der Waals surface area contributed by atoms with Crippen LogP contribution in [0.4, 0.5) is 21.7 Å². The highest BCUT2D eigenvalue weighted by molar-refractivity contribution is 5.88. The van der Waals surface area contributed by atoms with Gasteiger partial charge in [0, 0.05) is 42.6 Å². The van der Waals surface area contributed by atoms with Crippen LogP contribution in [0.5, 0.6) is 0 Å². The van der Waals surface area contributed by atoms with Crippen LogP contribution in [0.2, 0.25) is 0 Å². The summed E-state index contributed by atoms with van der Waals surface area (Å²) in [5.74, 6) is 1.14. The number of allylic oxidation sites excluding steroid dienone is 1. The molecule has 28 heavy (non-hydrogen) atoms. The van der Waals surface area contributed by atoms with Gasteiger partial charge < -0.3 is 20.1 Å². The summed E-state index contributed by atoms with van der Waals surface area (Å²) in [6.45, 7) is 3.26. The van der Waals surface area contributed by atoms with Crippen molar-refractivity contribution in [2.75, 3.05) is 28.2 Å². The van der Waals surface area contributed by atoms with Gasteiger partial charge in [0.2, 0.25) is 0 Å². The molecule has 0 amide bonds. The number of aromatic amines is 1. The molecule has 0 unspecified atom stereocenters. The summed E-state index contributed by atoms with van der Waals surface area (Å²) in [7, 11) is 0. The quantitative estimate of drug-likeness (QED) is 0.658. The van der Waals surface area contributed by atoms with E-state index >= 15 is 0 Å². The van der Waals surface area contributed by atoms with E-state index in [-0.39, 0.29) is 5.82 Å². The van der Waals surface area contributed by atoms with Crippen LogP contribution in [0.1, 0.15) is 6.92 Å². The molecule has 0 spiro atoms. The summed E-state index contributed by atoms with van der Waals surface area (Å²) in [5, 5.41) is 4.04. The molecular formula is C21H20FN5O. The van der Waals surface area contributed by atoms with Gasteiger partial charge in [-0.2, -0.15) is 0 Å². The lowest BCUT2D eigenvalue weighted by Crippen LogP contribution is -2.24. The fourth-order valence-electron chi connectivity index (χ4n) is 3.25. The Labute approximate surface area is 162 Å². The topological polar surface area (TPSA) is 64.3 Å². The number of nitrogens with one attached hydrogen (secondary N) is 2. The molecule has 0 aliphatic carbocycles. The van der Waals surface area contributed by atoms with Crippen molar-refractivity contribution in [3.63, 3.8) is 0 Å². The second-order valence-corrected chi connectivity index (χ2v) is 6.37. The van der Waals surface area contributed by atoms with Gasteiger partial charge in [-0.1, -0.05) is 0 Å². The number of halogens is 1. The van der Waals surface area contributed by atoms with Gasteiger partial charge in [-0.05, 0) is 49.4 Å². The average molecular weight is 377 g/mol. The van der Waals surface area contributed by atoms with E-state index in [2.05, 4.69) is 15.3 Å². The number of anilines is 3. The smallest absolute Gasteiger partial charge is 0.168 e. The Balaban J connectivity index is 1.73. The van der Waals surface area contributed by atoms with Crippen LogP contribution in [0.3, 0.4) is 0 Å². The number of benzene rings is 1. The number of carbonyl (C=O) groups excluding carboxylic acids is 1. The third-order valence-corrected chi connectivity index (χ3v) is 4.52. The molecule has 0 saturated heterocycles. The second-order valence-electron chi connectivity index (χ2n) is 6.37. The number of H-pyrrole nitrogens is 1. The van der Waals surface area contributed by atoms with Crippen LogP contribution >= 0.6 is 0 Å². The van der Waals surface area contributed by atoms with Crippen molar-refractivity contribution in [1.82, 2.24) is 9.97 Å². The highest BCUT2D eigenvalue weighted by atomic mass is 19.1. The number of carbonyl (C=O) groups is 1. The van der Waals surface area contributed by atoms with Crippen molar-refractivity contribution in [2.24, 2.45) is 0 Å². The molecule has 0 saturated carbocycles. The van der Waals surface area contributed by atoms with Crippen LogP contribution in [0.25, 0.3) is 10.9 Å². The monoisotopic (exact) mass is 377 g/mol. The number of nitrogens with zero attached hydrogens (tertiary/aromatic N) is 3. The normalized spacial score (nSPS) is 14.1. The molecule has 142 valence electrons. The van der Waals surface area contributed by atoms with Crippen LogP contribution in [-0.4, -0.2) is 29.3 Å². The van der Waals surface area contributed by atoms with Crippen molar-refractivity contribution >= 4 is 34.5 Å². The highest BCUT2D eigenvalue weighted by Gasteiger charge is 2.19. The van der Waals surface area contributed by atoms with Crippen LogP contribution in [0.15, 0.2) is 66.8 Å². The molecule has 4 rings (SSSR count). The number of rotatable bonds is 5. The van der Waals surface area contributed by atoms with Gasteiger partial charge in [-0.3, -0.25) is 4.79 Å². The third kappa shape index (κ3) is 3.34. The Morgan fingerprint density at radius 2 is 2.21 bits per heavy atom. The fraction of sp³-hybridized carbons (Fsp3) is 0.143. The van der Waals surface area contributed by atoms with E-state index in [0.29, 0.717) is 18.1 Å². The van der Waals surface area contributed by atoms with Crippen molar-refractivity contribution in [2.45, 2.75) is 6.92 Å². The molecule has 3 heterocycles. The number of aromatic nitrogens is 2. The summed E-state index contributed by atoms with van der Waals surface area (Å²) in [6.07, 6.45) is 8.10. The molecule has 1 aliphatic rings. The number of aldehydes is 1. The summed E-state index contributed by atoms with van der Waals surface area (Å²) >= 11 is 0. The van der Waals surface area contributed by atoms with Crippen LogP contribution in [0, 0.1) is 5.82 Å². The molecular weight excluding hydrogens is 357 g/mol. The Hall–Kier alpha value is -3.61. The average Bonchev–Trinajstić information content (AvgIpc) is 2.99. The largest absolute Gasteiger partial charge is 0.382 e. The van der Waals surface area contributed by atoms with E-state index in [1.165, 1.54) is 12.1 Å². The Morgan fingerprint density at radius 1 is 1.32 bits per heavy atom. The van der Waals surface area contributed by atoms with E-state index < -0.39 is 0 Å². The van der Waals surface area contributed by atoms with Gasteiger partial charge in [0.25, 0.3) is 0 Å². The standard InChI is InChI=1S/C21H20FN5O/c1-2-23-19-5-3-8-24-21(19)26-9-4-10-27(17(13-26)14-28)20-12-15-11-16(22)6-7-18(15)25-20/h3-9,11-14,23,25H,2,10H2,1H3. The number of fused-ring (bicyclic) bond motifs is 1. The molecule has 1 aromatic carbocycles. The summed E-state index contributed by atoms with van der Waals surface area (Å²) in [6, 6.07) is 10.2. The SMILES string of the molecule is CCNc1cccnc1N1C=CCN(c2cc3cc(F)ccc3[nH]2)C(C=O)=C1. The van der Waals surface area contributed by atoms with Gasteiger partial charge in [0.05, 0.1) is 11.4 Å². The van der Waals surface area contributed by atoms with Crippen molar-refractivity contribution in [1.29, 1.82) is 0 Å². The zero-order valence-electron chi connectivity index (χ0n) is 15.4. The van der Waals surface area contributed by atoms with Crippen LogP contribution in [-0.2, 0) is 4.79 Å². The van der Waals surface area contributed by atoms with Gasteiger partial charge in [-0.15, -0.1) is 0 Å². The number of pyridine rings is 1. The van der Waals surface area contributed by atoms with Gasteiger partial charge >= 0.3 is 0 Å². The predicted molar refractivity (Wildman–Crippen MR) is 110 cm³/mol. The minimum Gasteiger partial charge on any atom is -0.382 e. The maximum atomic E-state index is 13.5. The lowest BCUT2D eigenvalue weighted by Gasteiger charge is -2.21. The molecule has 2 aromatic heterocycles. The zero-order valence-corrected chi connectivity index (χ0v) is 15.4. The second kappa shape index (κ2) is 7.56. The minimum absolute atomic E-state index is 0.294. The predicted octanol–water partition coefficient (Wildman–Crippen LogP) is 4.01. The first-order valence-electron chi connectivity index (χ1n) is 9.06. The Bertz CT molecular complexity index is 1070. The van der Waals surface area contributed by atoms with Crippen molar-refractivity contribution in [3.8, 4) is 0 Å². The lowest BCUT2D eigenvalue weighted by molar-refractivity contribution is -0.105. The molecule has 2 N–H and O–H groups in total. The van der Waals surface area contributed by atoms with E-state index in [9.17, 15) is 9.18 Å². The molecule has 0 bridgehead atoms. The van der Waals surface area contributed by atoms with E-state index in [1.807, 2.05) is 47.2 Å². The fourth-order valence-corrected chi connectivity index (χ4v) is 3.25. The Morgan fingerprint density at radius 3 is 3.04 bits per heavy atom. The zero-order chi connectivity index (χ0) is 19.5. The minimum atomic E-state index is -0.294. The van der Waals surface area contributed by atoms with Crippen LogP contribution < -0.4 is 15.1 Å². The maximum absolute atomic E-state index is 13.5. The van der Waals surface area contributed by atoms with E-state index in [1.54, 1.807) is 18.5 Å². The molecule has 1 aliphatic heterocycles. The van der Waals surface area contributed by atoms with Gasteiger partial charge in [0.15, 0.2) is 12.1 Å². The number of hydrogen-bond acceptors (Lipinski definition) is 5. The first-order chi connectivity index (χ1) is 13.7. The molecule has 0 atom stereocenters. The van der Waals surface area contributed by atoms with E-state index in [4.69, 9.17) is 0 Å².